The Labute approximate surface area is 126 Å². The molecule has 0 saturated heterocycles. The third-order valence-corrected chi connectivity index (χ3v) is 3.99. The number of carboxylic acids is 1. The van der Waals surface area contributed by atoms with Gasteiger partial charge < -0.3 is 15.7 Å². The number of nitrogens with one attached hydrogen (secondary N) is 2. The molecule has 7 heteroatoms. The molecule has 0 aliphatic rings. The molecule has 2 atom stereocenters. The van der Waals surface area contributed by atoms with E-state index in [-0.39, 0.29) is 11.6 Å². The van der Waals surface area contributed by atoms with Gasteiger partial charge in [0.05, 0.1) is 5.56 Å². The molecule has 3 N–H and O–H groups in total. The van der Waals surface area contributed by atoms with Crippen LogP contribution in [0.5, 0.6) is 0 Å². The zero-order valence-electron chi connectivity index (χ0n) is 12.5. The zero-order valence-corrected chi connectivity index (χ0v) is 13.3. The van der Waals surface area contributed by atoms with Gasteiger partial charge in [0.2, 0.25) is 0 Å². The van der Waals surface area contributed by atoms with Crippen LogP contribution in [-0.4, -0.2) is 39.4 Å². The molecule has 1 rings (SSSR count). The van der Waals surface area contributed by atoms with Gasteiger partial charge in [0, 0.05) is 34.5 Å². The number of carboxylic acid groups (broad SMARTS) is 1. The summed E-state index contributed by atoms with van der Waals surface area (Å²) in [5, 5.41) is 14.4. The number of benzene rings is 1. The highest BCUT2D eigenvalue weighted by molar-refractivity contribution is 7.84. The van der Waals surface area contributed by atoms with Gasteiger partial charge in [-0.3, -0.25) is 4.21 Å². The van der Waals surface area contributed by atoms with Gasteiger partial charge in [-0.1, -0.05) is 0 Å². The quantitative estimate of drug-likeness (QED) is 0.773. The van der Waals surface area contributed by atoms with Crippen molar-refractivity contribution in [1.82, 2.24) is 5.32 Å². The Morgan fingerprint density at radius 2 is 1.95 bits per heavy atom. The summed E-state index contributed by atoms with van der Waals surface area (Å²) in [6, 6.07) is 2.45. The molecule has 0 aliphatic heterocycles. The van der Waals surface area contributed by atoms with Gasteiger partial charge in [-0.2, -0.15) is 0 Å². The fourth-order valence-corrected chi connectivity index (χ4v) is 2.73. The Kier molecular flexibility index (Phi) is 5.90. The minimum Gasteiger partial charge on any atom is -0.478 e. The molecule has 2 amide bonds. The number of amides is 2. The first-order chi connectivity index (χ1) is 9.70. The van der Waals surface area contributed by atoms with E-state index in [9.17, 15) is 13.8 Å². The lowest BCUT2D eigenvalue weighted by Gasteiger charge is -2.15. The Hall–Kier alpha value is -1.89. The smallest absolute Gasteiger partial charge is 0.336 e. The number of hydrogen-bond acceptors (Lipinski definition) is 3. The zero-order chi connectivity index (χ0) is 16.2. The van der Waals surface area contributed by atoms with E-state index in [4.69, 9.17) is 5.11 Å². The number of anilines is 1. The van der Waals surface area contributed by atoms with E-state index < -0.39 is 22.8 Å². The molecular weight excluding hydrogens is 292 g/mol. The van der Waals surface area contributed by atoms with E-state index in [0.717, 1.165) is 5.56 Å². The highest BCUT2D eigenvalue weighted by Gasteiger charge is 2.13. The van der Waals surface area contributed by atoms with Crippen LogP contribution in [0.15, 0.2) is 12.1 Å². The second-order valence-corrected chi connectivity index (χ2v) is 6.49. The van der Waals surface area contributed by atoms with Gasteiger partial charge >= 0.3 is 12.0 Å². The minimum absolute atomic E-state index is 0.160. The second kappa shape index (κ2) is 7.21. The maximum atomic E-state index is 11.8. The molecule has 1 aromatic rings. The van der Waals surface area contributed by atoms with E-state index in [1.807, 2.05) is 0 Å². The van der Waals surface area contributed by atoms with E-state index in [0.29, 0.717) is 17.0 Å². The van der Waals surface area contributed by atoms with Crippen molar-refractivity contribution in [3.63, 3.8) is 0 Å². The number of aryl methyl sites for hydroxylation is 1. The molecular formula is C14H20N2O4S. The summed E-state index contributed by atoms with van der Waals surface area (Å²) in [7, 11) is -0.995. The highest BCUT2D eigenvalue weighted by atomic mass is 32.2. The molecule has 0 aliphatic carbocycles. The molecule has 1 aromatic carbocycles. The monoisotopic (exact) mass is 312 g/mol. The lowest BCUT2D eigenvalue weighted by Crippen LogP contribution is -2.39. The number of aromatic carboxylic acids is 1. The van der Waals surface area contributed by atoms with Crippen molar-refractivity contribution in [2.75, 3.05) is 17.3 Å². The van der Waals surface area contributed by atoms with Crippen LogP contribution in [-0.2, 0) is 10.8 Å². The summed E-state index contributed by atoms with van der Waals surface area (Å²) in [5.74, 6) is -0.671. The first-order valence-corrected chi connectivity index (χ1v) is 8.15. The Bertz CT molecular complexity index is 587. The molecule has 0 aromatic heterocycles. The van der Waals surface area contributed by atoms with Crippen LogP contribution in [0.4, 0.5) is 10.5 Å². The van der Waals surface area contributed by atoms with Crippen molar-refractivity contribution in [3.8, 4) is 0 Å². The van der Waals surface area contributed by atoms with Crippen molar-refractivity contribution in [1.29, 1.82) is 0 Å². The van der Waals surface area contributed by atoms with Gasteiger partial charge in [0.1, 0.15) is 0 Å². The Balaban J connectivity index is 2.81. The average molecular weight is 312 g/mol. The van der Waals surface area contributed by atoms with Crippen LogP contribution in [0, 0.1) is 13.8 Å². The molecule has 0 heterocycles. The summed E-state index contributed by atoms with van der Waals surface area (Å²) in [4.78, 5) is 23.0. The topological polar surface area (TPSA) is 95.5 Å². The van der Waals surface area contributed by atoms with Crippen molar-refractivity contribution in [2.24, 2.45) is 0 Å². The second-order valence-electron chi connectivity index (χ2n) is 5.01. The molecule has 0 radical (unpaired) electrons. The van der Waals surface area contributed by atoms with Crippen molar-refractivity contribution in [2.45, 2.75) is 26.8 Å². The van der Waals surface area contributed by atoms with Gasteiger partial charge in [0.15, 0.2) is 0 Å². The van der Waals surface area contributed by atoms with Crippen LogP contribution in [0.2, 0.25) is 0 Å². The summed E-state index contributed by atoms with van der Waals surface area (Å²) in [5.41, 5.74) is 2.03. The molecule has 0 bridgehead atoms. The Morgan fingerprint density at radius 3 is 2.48 bits per heavy atom. The lowest BCUT2D eigenvalue weighted by molar-refractivity contribution is 0.0696. The maximum absolute atomic E-state index is 11.8. The number of urea groups is 1. The number of carbonyl (C=O) groups excluding carboxylic acids is 1. The standard InChI is InChI=1S/C14H20N2O4S/c1-8-5-11(6-12(10(8)3)13(17)18)16-14(19)15-9(2)7-21(4)20/h5-6,9H,7H2,1-4H3,(H,17,18)(H2,15,16,19). The van der Waals surface area contributed by atoms with Crippen molar-refractivity contribution >= 4 is 28.5 Å². The molecule has 116 valence electrons. The van der Waals surface area contributed by atoms with Crippen molar-refractivity contribution < 1.29 is 18.9 Å². The molecule has 6 nitrogen and oxygen atoms in total. The largest absolute Gasteiger partial charge is 0.478 e. The summed E-state index contributed by atoms with van der Waals surface area (Å²) in [6.45, 7) is 5.26. The van der Waals surface area contributed by atoms with Gasteiger partial charge in [-0.05, 0) is 44.0 Å². The third-order valence-electron chi connectivity index (χ3n) is 3.02. The van der Waals surface area contributed by atoms with Crippen molar-refractivity contribution in [3.05, 3.63) is 28.8 Å². The van der Waals surface area contributed by atoms with Gasteiger partial charge in [-0.15, -0.1) is 0 Å². The van der Waals surface area contributed by atoms with Crippen LogP contribution >= 0.6 is 0 Å². The minimum atomic E-state index is -1.03. The van der Waals surface area contributed by atoms with Crippen LogP contribution in [0.1, 0.15) is 28.4 Å². The SMILES string of the molecule is Cc1cc(NC(=O)NC(C)CS(C)=O)cc(C(=O)O)c1C. The number of rotatable bonds is 5. The van der Waals surface area contributed by atoms with E-state index in [1.165, 1.54) is 6.07 Å². The van der Waals surface area contributed by atoms with Crippen LogP contribution in [0.3, 0.4) is 0 Å². The molecule has 0 saturated carbocycles. The summed E-state index contributed by atoms with van der Waals surface area (Å²) >= 11 is 0. The number of carbonyl (C=O) groups is 2. The van der Waals surface area contributed by atoms with Gasteiger partial charge in [-0.25, -0.2) is 9.59 Å². The molecule has 21 heavy (non-hydrogen) atoms. The average Bonchev–Trinajstić information content (AvgIpc) is 2.31. The third kappa shape index (κ3) is 5.18. The first-order valence-electron chi connectivity index (χ1n) is 6.42. The normalized spacial score (nSPS) is 13.3. The van der Waals surface area contributed by atoms with Crippen LogP contribution < -0.4 is 10.6 Å². The first kappa shape index (κ1) is 17.2. The summed E-state index contributed by atoms with van der Waals surface area (Å²) in [6.07, 6.45) is 1.57. The molecule has 0 spiro atoms. The number of hydrogen-bond donors (Lipinski definition) is 3. The maximum Gasteiger partial charge on any atom is 0.336 e. The summed E-state index contributed by atoms with van der Waals surface area (Å²) < 4.78 is 11.1. The molecule has 0 fully saturated rings. The van der Waals surface area contributed by atoms with Gasteiger partial charge in [0.25, 0.3) is 0 Å². The predicted octanol–water partition coefficient (Wildman–Crippen LogP) is 1.89. The highest BCUT2D eigenvalue weighted by Crippen LogP contribution is 2.20. The predicted molar refractivity (Wildman–Crippen MR) is 83.4 cm³/mol. The Morgan fingerprint density at radius 1 is 1.33 bits per heavy atom. The molecule has 2 unspecified atom stereocenters. The van der Waals surface area contributed by atoms with E-state index in [2.05, 4.69) is 10.6 Å². The van der Waals surface area contributed by atoms with Crippen LogP contribution in [0.25, 0.3) is 0 Å². The lowest BCUT2D eigenvalue weighted by atomic mass is 10.0. The van der Waals surface area contributed by atoms with E-state index in [1.54, 1.807) is 33.1 Å². The van der Waals surface area contributed by atoms with E-state index >= 15 is 0 Å². The fourth-order valence-electron chi connectivity index (χ4n) is 1.94. The fraction of sp³-hybridized carbons (Fsp3) is 0.429.